The summed E-state index contributed by atoms with van der Waals surface area (Å²) in [6.07, 6.45) is 0. The Bertz CT molecular complexity index is 1680. The first-order valence-electron chi connectivity index (χ1n) is 13.8. The number of para-hydroxylation sites is 1. The molecule has 2 amide bonds. The van der Waals surface area contributed by atoms with E-state index in [2.05, 4.69) is 15.6 Å². The van der Waals surface area contributed by atoms with Crippen molar-refractivity contribution in [3.8, 4) is 11.5 Å². The normalized spacial score (nSPS) is 11.5. The van der Waals surface area contributed by atoms with E-state index in [1.807, 2.05) is 91.8 Å². The van der Waals surface area contributed by atoms with Gasteiger partial charge in [-0.15, -0.1) is 5.10 Å². The van der Waals surface area contributed by atoms with Crippen LogP contribution < -0.4 is 19.7 Å². The first-order chi connectivity index (χ1) is 20.9. The van der Waals surface area contributed by atoms with Gasteiger partial charge in [0.25, 0.3) is 5.91 Å². The third-order valence-corrected chi connectivity index (χ3v) is 7.18. The number of rotatable bonds is 11. The number of carbonyl (C=O) groups is 2. The predicted octanol–water partition coefficient (Wildman–Crippen LogP) is 4.92. The number of hydrogen-bond acceptors (Lipinski definition) is 7. The number of amides is 2. The molecule has 0 saturated carbocycles. The minimum absolute atomic E-state index is 0.103. The van der Waals surface area contributed by atoms with Gasteiger partial charge in [0.05, 0.1) is 19.7 Å². The van der Waals surface area contributed by atoms with Gasteiger partial charge in [0.15, 0.2) is 0 Å². The Morgan fingerprint density at radius 3 is 2.09 bits per heavy atom. The fourth-order valence-corrected chi connectivity index (χ4v) is 4.82. The maximum atomic E-state index is 14.2. The van der Waals surface area contributed by atoms with E-state index in [-0.39, 0.29) is 24.9 Å². The van der Waals surface area contributed by atoms with E-state index in [1.165, 1.54) is 0 Å². The van der Waals surface area contributed by atoms with E-state index >= 15 is 0 Å². The first-order valence-corrected chi connectivity index (χ1v) is 13.8. The number of methoxy groups -OCH3 is 2. The highest BCUT2D eigenvalue weighted by atomic mass is 16.5. The second kappa shape index (κ2) is 13.1. The number of benzene rings is 4. The van der Waals surface area contributed by atoms with Gasteiger partial charge in [-0.2, -0.15) is 0 Å². The van der Waals surface area contributed by atoms with Crippen LogP contribution in [-0.4, -0.2) is 60.0 Å². The van der Waals surface area contributed by atoms with E-state index in [0.717, 1.165) is 16.8 Å². The van der Waals surface area contributed by atoms with Gasteiger partial charge in [-0.3, -0.25) is 9.59 Å². The highest BCUT2D eigenvalue weighted by molar-refractivity contribution is 5.98. The Kier molecular flexibility index (Phi) is 8.85. The topological polar surface area (TPSA) is 102 Å². The molecule has 1 heterocycles. The second-order valence-corrected chi connectivity index (χ2v) is 10.2. The maximum Gasteiger partial charge on any atom is 0.251 e. The van der Waals surface area contributed by atoms with Crippen molar-refractivity contribution in [1.82, 2.24) is 19.9 Å². The summed E-state index contributed by atoms with van der Waals surface area (Å²) in [5.74, 6) is 0.684. The Morgan fingerprint density at radius 2 is 1.47 bits per heavy atom. The van der Waals surface area contributed by atoms with Crippen LogP contribution >= 0.6 is 0 Å². The molecule has 1 aromatic heterocycles. The molecule has 1 unspecified atom stereocenters. The van der Waals surface area contributed by atoms with Crippen molar-refractivity contribution in [2.24, 2.45) is 0 Å². The fourth-order valence-electron chi connectivity index (χ4n) is 4.82. The molecule has 0 aliphatic heterocycles. The molecule has 0 bridgehead atoms. The largest absolute Gasteiger partial charge is 0.497 e. The van der Waals surface area contributed by atoms with Crippen LogP contribution in [0.15, 0.2) is 97.1 Å². The van der Waals surface area contributed by atoms with E-state index in [1.54, 1.807) is 48.1 Å². The van der Waals surface area contributed by atoms with E-state index in [9.17, 15) is 9.59 Å². The molecule has 1 atom stereocenters. The van der Waals surface area contributed by atoms with Gasteiger partial charge < -0.3 is 24.6 Å². The van der Waals surface area contributed by atoms with Crippen molar-refractivity contribution in [2.75, 3.05) is 38.5 Å². The molecular weight excluding hydrogens is 544 g/mol. The molecule has 0 fully saturated rings. The van der Waals surface area contributed by atoms with Gasteiger partial charge in [0.2, 0.25) is 5.91 Å². The Balaban J connectivity index is 1.54. The van der Waals surface area contributed by atoms with Gasteiger partial charge in [0, 0.05) is 32.0 Å². The molecule has 0 spiro atoms. The maximum absolute atomic E-state index is 14.2. The number of hydrogen-bond donors (Lipinski definition) is 1. The van der Waals surface area contributed by atoms with Crippen LogP contribution in [0.3, 0.4) is 0 Å². The number of fused-ring (bicyclic) bond motifs is 1. The smallest absolute Gasteiger partial charge is 0.251 e. The third kappa shape index (κ3) is 6.75. The van der Waals surface area contributed by atoms with Crippen LogP contribution in [-0.2, 0) is 22.7 Å². The van der Waals surface area contributed by atoms with Crippen molar-refractivity contribution in [3.63, 3.8) is 0 Å². The van der Waals surface area contributed by atoms with Gasteiger partial charge in [-0.1, -0.05) is 41.6 Å². The van der Waals surface area contributed by atoms with Crippen LogP contribution in [0, 0.1) is 0 Å². The van der Waals surface area contributed by atoms with Crippen LogP contribution in [0.2, 0.25) is 0 Å². The molecule has 0 radical (unpaired) electrons. The summed E-state index contributed by atoms with van der Waals surface area (Å²) in [5.41, 5.74) is 4.50. The summed E-state index contributed by atoms with van der Waals surface area (Å²) < 4.78 is 12.2. The summed E-state index contributed by atoms with van der Waals surface area (Å²) in [4.78, 5) is 31.9. The molecule has 4 aromatic carbocycles. The van der Waals surface area contributed by atoms with Crippen molar-refractivity contribution in [2.45, 2.75) is 19.1 Å². The standard InChI is InChI=1S/C33H34N6O4/c1-37(2)26-15-13-25(14-16-26)34-33(41)32(24-11-19-28(43-4)20-12-24)38(21-23-9-17-27(42-3)18-10-23)31(40)22-39-30-8-6-5-7-29(30)35-36-39/h5-20,32H,21-22H2,1-4H3,(H,34,41). The van der Waals surface area contributed by atoms with Crippen LogP contribution in [0.25, 0.3) is 11.0 Å². The SMILES string of the molecule is COc1ccc(CN(C(=O)Cn2nnc3ccccc32)C(C(=O)Nc2ccc(N(C)C)cc2)c2ccc(OC)cc2)cc1. The summed E-state index contributed by atoms with van der Waals surface area (Å²) in [5, 5.41) is 11.4. The number of carbonyl (C=O) groups excluding carboxylic acids is 2. The monoisotopic (exact) mass is 578 g/mol. The molecule has 5 rings (SSSR count). The molecule has 10 heteroatoms. The molecule has 1 N–H and O–H groups in total. The van der Waals surface area contributed by atoms with Gasteiger partial charge >= 0.3 is 0 Å². The lowest BCUT2D eigenvalue weighted by Gasteiger charge is -2.32. The fraction of sp³-hybridized carbons (Fsp3) is 0.212. The summed E-state index contributed by atoms with van der Waals surface area (Å²) >= 11 is 0. The van der Waals surface area contributed by atoms with Crippen molar-refractivity contribution in [1.29, 1.82) is 0 Å². The molecule has 0 saturated heterocycles. The third-order valence-electron chi connectivity index (χ3n) is 7.18. The molecule has 220 valence electrons. The summed E-state index contributed by atoms with van der Waals surface area (Å²) in [7, 11) is 7.09. The minimum Gasteiger partial charge on any atom is -0.497 e. The van der Waals surface area contributed by atoms with Crippen LogP contribution in [0.5, 0.6) is 11.5 Å². The summed E-state index contributed by atoms with van der Waals surface area (Å²) in [6.45, 7) is 0.0628. The lowest BCUT2D eigenvalue weighted by Crippen LogP contribution is -2.42. The predicted molar refractivity (Wildman–Crippen MR) is 166 cm³/mol. The van der Waals surface area contributed by atoms with Crippen molar-refractivity contribution in [3.05, 3.63) is 108 Å². The zero-order valence-electron chi connectivity index (χ0n) is 24.6. The zero-order valence-corrected chi connectivity index (χ0v) is 24.6. The second-order valence-electron chi connectivity index (χ2n) is 10.2. The molecule has 10 nitrogen and oxygen atoms in total. The number of anilines is 2. The lowest BCUT2D eigenvalue weighted by atomic mass is 10.0. The molecule has 43 heavy (non-hydrogen) atoms. The minimum atomic E-state index is -0.969. The Hall–Kier alpha value is -5.38. The lowest BCUT2D eigenvalue weighted by molar-refractivity contribution is -0.140. The van der Waals surface area contributed by atoms with E-state index < -0.39 is 6.04 Å². The van der Waals surface area contributed by atoms with Crippen LogP contribution in [0.1, 0.15) is 17.2 Å². The first kappa shape index (κ1) is 29.1. The van der Waals surface area contributed by atoms with E-state index in [4.69, 9.17) is 9.47 Å². The Morgan fingerprint density at radius 1 is 0.837 bits per heavy atom. The number of aromatic nitrogens is 3. The Labute approximate surface area is 250 Å². The number of ether oxygens (including phenoxy) is 2. The molecule has 5 aromatic rings. The van der Waals surface area contributed by atoms with Gasteiger partial charge in [-0.05, 0) is 71.8 Å². The number of nitrogens with one attached hydrogen (secondary N) is 1. The van der Waals surface area contributed by atoms with E-state index in [0.29, 0.717) is 28.3 Å². The average molecular weight is 579 g/mol. The molecular formula is C33H34N6O4. The molecule has 0 aliphatic rings. The summed E-state index contributed by atoms with van der Waals surface area (Å²) in [6, 6.07) is 28.6. The highest BCUT2D eigenvalue weighted by Crippen LogP contribution is 2.29. The molecule has 0 aliphatic carbocycles. The average Bonchev–Trinajstić information content (AvgIpc) is 3.44. The van der Waals surface area contributed by atoms with Crippen molar-refractivity contribution < 1.29 is 19.1 Å². The quantitative estimate of drug-likeness (QED) is 0.237. The van der Waals surface area contributed by atoms with Gasteiger partial charge in [-0.25, -0.2) is 4.68 Å². The van der Waals surface area contributed by atoms with Crippen molar-refractivity contribution >= 4 is 34.2 Å². The highest BCUT2D eigenvalue weighted by Gasteiger charge is 2.32. The number of nitrogens with zero attached hydrogens (tertiary/aromatic N) is 5. The van der Waals surface area contributed by atoms with Gasteiger partial charge in [0.1, 0.15) is 29.6 Å². The zero-order chi connectivity index (χ0) is 30.3. The van der Waals surface area contributed by atoms with Crippen LogP contribution in [0.4, 0.5) is 11.4 Å².